The van der Waals surface area contributed by atoms with E-state index in [1.807, 2.05) is 33.7 Å². The molecular formula is C18H21ClN2O2S. The summed E-state index contributed by atoms with van der Waals surface area (Å²) >= 11 is 8.09. The zero-order chi connectivity index (χ0) is 16.7. The van der Waals surface area contributed by atoms with Crippen LogP contribution in [-0.2, 0) is 4.79 Å². The van der Waals surface area contributed by atoms with Gasteiger partial charge in [0.2, 0.25) is 5.91 Å². The third kappa shape index (κ3) is 2.82. The van der Waals surface area contributed by atoms with Crippen LogP contribution < -0.4 is 0 Å². The van der Waals surface area contributed by atoms with Crippen molar-refractivity contribution in [1.29, 1.82) is 0 Å². The normalized spacial score (nSPS) is 22.9. The Balaban J connectivity index is 1.50. The van der Waals surface area contributed by atoms with E-state index in [1.54, 1.807) is 12.1 Å². The highest BCUT2D eigenvalue weighted by Crippen LogP contribution is 2.45. The molecule has 0 bridgehead atoms. The van der Waals surface area contributed by atoms with Gasteiger partial charge in [0, 0.05) is 31.3 Å². The van der Waals surface area contributed by atoms with Gasteiger partial charge in [0.05, 0.1) is 15.5 Å². The molecule has 1 aromatic carbocycles. The molecule has 2 saturated heterocycles. The largest absolute Gasteiger partial charge is 0.342 e. The quantitative estimate of drug-likeness (QED) is 0.808. The molecule has 1 spiro atoms. The fourth-order valence-corrected chi connectivity index (χ4v) is 5.43. The molecule has 1 aromatic rings. The molecule has 3 aliphatic rings. The first-order valence-electron chi connectivity index (χ1n) is 8.60. The third-order valence-electron chi connectivity index (χ3n) is 5.31. The first-order valence-corrected chi connectivity index (χ1v) is 9.96. The lowest BCUT2D eigenvalue weighted by atomic mass is 10.0. The van der Waals surface area contributed by atoms with Gasteiger partial charge in [0.1, 0.15) is 0 Å². The standard InChI is InChI=1S/C18H21ClN2O2S/c19-15-4-2-1-3-14(15)17(23)21-11-12-24-18(21)7-9-20(10-8-18)16(22)13-5-6-13/h1-4,13H,5-12H2. The van der Waals surface area contributed by atoms with Gasteiger partial charge >= 0.3 is 0 Å². The lowest BCUT2D eigenvalue weighted by Crippen LogP contribution is -2.53. The van der Waals surface area contributed by atoms with Crippen molar-refractivity contribution in [1.82, 2.24) is 9.80 Å². The minimum Gasteiger partial charge on any atom is -0.342 e. The molecule has 1 aliphatic carbocycles. The van der Waals surface area contributed by atoms with Crippen LogP contribution in [0, 0.1) is 5.92 Å². The molecule has 128 valence electrons. The molecule has 1 saturated carbocycles. The van der Waals surface area contributed by atoms with Gasteiger partial charge in [-0.15, -0.1) is 11.8 Å². The van der Waals surface area contributed by atoms with Gasteiger partial charge in [-0.05, 0) is 37.8 Å². The van der Waals surface area contributed by atoms with Gasteiger partial charge in [-0.25, -0.2) is 0 Å². The SMILES string of the molecule is O=C(C1CC1)N1CCC2(CC1)SCCN2C(=O)c1ccccc1Cl. The van der Waals surface area contributed by atoms with Crippen LogP contribution in [0.5, 0.6) is 0 Å². The molecule has 24 heavy (non-hydrogen) atoms. The highest BCUT2D eigenvalue weighted by atomic mass is 35.5. The summed E-state index contributed by atoms with van der Waals surface area (Å²) in [7, 11) is 0. The van der Waals surface area contributed by atoms with Crippen molar-refractivity contribution in [2.75, 3.05) is 25.4 Å². The topological polar surface area (TPSA) is 40.6 Å². The molecule has 0 unspecified atom stereocenters. The predicted octanol–water partition coefficient (Wildman–Crippen LogP) is 3.26. The van der Waals surface area contributed by atoms with E-state index in [4.69, 9.17) is 11.6 Å². The van der Waals surface area contributed by atoms with Crippen LogP contribution >= 0.6 is 23.4 Å². The number of thioether (sulfide) groups is 1. The van der Waals surface area contributed by atoms with Crippen LogP contribution in [0.2, 0.25) is 5.02 Å². The number of hydrogen-bond donors (Lipinski definition) is 0. The van der Waals surface area contributed by atoms with E-state index in [2.05, 4.69) is 0 Å². The second-order valence-electron chi connectivity index (χ2n) is 6.83. The van der Waals surface area contributed by atoms with E-state index in [0.717, 1.165) is 51.1 Å². The van der Waals surface area contributed by atoms with E-state index in [0.29, 0.717) is 16.5 Å². The molecule has 2 amide bonds. The summed E-state index contributed by atoms with van der Waals surface area (Å²) in [5.41, 5.74) is 0.581. The Morgan fingerprint density at radius 1 is 1.12 bits per heavy atom. The van der Waals surface area contributed by atoms with E-state index in [-0.39, 0.29) is 16.7 Å². The summed E-state index contributed by atoms with van der Waals surface area (Å²) in [6.07, 6.45) is 3.80. The number of carbonyl (C=O) groups is 2. The maximum atomic E-state index is 13.0. The van der Waals surface area contributed by atoms with Crippen LogP contribution in [0.4, 0.5) is 0 Å². The Hall–Kier alpha value is -1.20. The summed E-state index contributed by atoms with van der Waals surface area (Å²) in [4.78, 5) is 29.1. The van der Waals surface area contributed by atoms with Crippen molar-refractivity contribution in [3.05, 3.63) is 34.9 Å². The molecule has 2 heterocycles. The number of carbonyl (C=O) groups excluding carboxylic acids is 2. The van der Waals surface area contributed by atoms with E-state index in [1.165, 1.54) is 0 Å². The number of benzene rings is 1. The van der Waals surface area contributed by atoms with Gasteiger partial charge in [-0.3, -0.25) is 9.59 Å². The Morgan fingerprint density at radius 2 is 1.83 bits per heavy atom. The smallest absolute Gasteiger partial charge is 0.256 e. The van der Waals surface area contributed by atoms with Gasteiger partial charge in [-0.2, -0.15) is 0 Å². The van der Waals surface area contributed by atoms with Crippen molar-refractivity contribution >= 4 is 35.2 Å². The highest BCUT2D eigenvalue weighted by molar-refractivity contribution is 8.00. The van der Waals surface area contributed by atoms with Gasteiger partial charge < -0.3 is 9.80 Å². The molecule has 2 aliphatic heterocycles. The number of piperidine rings is 1. The number of hydrogen-bond acceptors (Lipinski definition) is 3. The molecule has 0 aromatic heterocycles. The molecule has 0 N–H and O–H groups in total. The molecule has 4 rings (SSSR count). The monoisotopic (exact) mass is 364 g/mol. The fourth-order valence-electron chi connectivity index (χ4n) is 3.75. The number of nitrogens with zero attached hydrogens (tertiary/aromatic N) is 2. The van der Waals surface area contributed by atoms with Crippen LogP contribution in [0.25, 0.3) is 0 Å². The summed E-state index contributed by atoms with van der Waals surface area (Å²) in [5, 5.41) is 0.510. The van der Waals surface area contributed by atoms with E-state index < -0.39 is 0 Å². The predicted molar refractivity (Wildman–Crippen MR) is 96.2 cm³/mol. The van der Waals surface area contributed by atoms with Gasteiger partial charge in [-0.1, -0.05) is 23.7 Å². The number of halogens is 1. The Morgan fingerprint density at radius 3 is 2.50 bits per heavy atom. The summed E-state index contributed by atoms with van der Waals surface area (Å²) in [6, 6.07) is 7.26. The molecule has 0 atom stereocenters. The van der Waals surface area contributed by atoms with Gasteiger partial charge in [0.25, 0.3) is 5.91 Å². The number of amides is 2. The minimum atomic E-state index is -0.170. The average Bonchev–Trinajstić information content (AvgIpc) is 3.37. The van der Waals surface area contributed by atoms with Crippen molar-refractivity contribution in [2.24, 2.45) is 5.92 Å². The first kappa shape index (κ1) is 16.3. The van der Waals surface area contributed by atoms with Crippen molar-refractivity contribution in [3.8, 4) is 0 Å². The summed E-state index contributed by atoms with van der Waals surface area (Å²) < 4.78 is 0. The Labute approximate surface area is 151 Å². The maximum Gasteiger partial charge on any atom is 0.256 e. The number of likely N-dealkylation sites (tertiary alicyclic amines) is 1. The Bertz CT molecular complexity index is 669. The van der Waals surface area contributed by atoms with Crippen molar-refractivity contribution in [2.45, 2.75) is 30.6 Å². The van der Waals surface area contributed by atoms with Crippen LogP contribution in [0.1, 0.15) is 36.0 Å². The second-order valence-corrected chi connectivity index (χ2v) is 8.69. The molecule has 6 heteroatoms. The Kier molecular flexibility index (Phi) is 4.25. The van der Waals surface area contributed by atoms with E-state index >= 15 is 0 Å². The average molecular weight is 365 g/mol. The van der Waals surface area contributed by atoms with Crippen LogP contribution in [-0.4, -0.2) is 51.9 Å². The summed E-state index contributed by atoms with van der Waals surface area (Å²) in [5.74, 6) is 1.56. The van der Waals surface area contributed by atoms with Crippen LogP contribution in [0.15, 0.2) is 24.3 Å². The minimum absolute atomic E-state index is 0.0209. The van der Waals surface area contributed by atoms with Crippen molar-refractivity contribution in [3.63, 3.8) is 0 Å². The molecule has 4 nitrogen and oxygen atoms in total. The van der Waals surface area contributed by atoms with Gasteiger partial charge in [0.15, 0.2) is 0 Å². The lowest BCUT2D eigenvalue weighted by Gasteiger charge is -2.44. The first-order chi connectivity index (χ1) is 11.6. The zero-order valence-electron chi connectivity index (χ0n) is 13.5. The van der Waals surface area contributed by atoms with Crippen LogP contribution in [0.3, 0.4) is 0 Å². The second kappa shape index (κ2) is 6.26. The fraction of sp³-hybridized carbons (Fsp3) is 0.556. The molecular weight excluding hydrogens is 344 g/mol. The summed E-state index contributed by atoms with van der Waals surface area (Å²) in [6.45, 7) is 2.27. The molecule has 0 radical (unpaired) electrons. The van der Waals surface area contributed by atoms with Crippen molar-refractivity contribution < 1.29 is 9.59 Å². The lowest BCUT2D eigenvalue weighted by molar-refractivity contribution is -0.134. The van der Waals surface area contributed by atoms with E-state index in [9.17, 15) is 9.59 Å². The third-order valence-corrected chi connectivity index (χ3v) is 7.19. The zero-order valence-corrected chi connectivity index (χ0v) is 15.1. The highest BCUT2D eigenvalue weighted by Gasteiger charge is 2.48. The molecule has 3 fully saturated rings. The number of rotatable bonds is 2. The maximum absolute atomic E-state index is 13.0.